The molecule has 2 rings (SSSR count). The Labute approximate surface area is 101 Å². The Morgan fingerprint density at radius 2 is 1.82 bits per heavy atom. The lowest BCUT2D eigenvalue weighted by molar-refractivity contribution is 0.0886. The largest absolute Gasteiger partial charge is 0.490 e. The van der Waals surface area contributed by atoms with Crippen molar-refractivity contribution in [2.45, 2.75) is 19.5 Å². The van der Waals surface area contributed by atoms with E-state index in [4.69, 9.17) is 9.47 Å². The molecule has 0 amide bonds. The maximum Gasteiger partial charge on any atom is 0.161 e. The molecule has 0 atom stereocenters. The van der Waals surface area contributed by atoms with E-state index in [9.17, 15) is 4.39 Å². The van der Waals surface area contributed by atoms with Gasteiger partial charge in [0, 0.05) is 13.1 Å². The summed E-state index contributed by atoms with van der Waals surface area (Å²) in [5.74, 6) is 1.30. The molecular weight excluding hydrogens is 221 g/mol. The van der Waals surface area contributed by atoms with Crippen LogP contribution in [0.5, 0.6) is 11.5 Å². The van der Waals surface area contributed by atoms with Crippen LogP contribution >= 0.6 is 0 Å². The standard InChI is InChI=1S/C13H18FNO2/c1-3-16-11-6-5-10(7-12(11)17-4-2)13(14)8-15-9-13/h5-7,15H,3-4,8-9H2,1-2H3. The van der Waals surface area contributed by atoms with Gasteiger partial charge in [0.05, 0.1) is 13.2 Å². The van der Waals surface area contributed by atoms with E-state index in [1.165, 1.54) is 0 Å². The molecule has 4 heteroatoms. The second kappa shape index (κ2) is 4.92. The molecule has 0 aromatic heterocycles. The summed E-state index contributed by atoms with van der Waals surface area (Å²) in [6.45, 7) is 5.66. The molecule has 1 aromatic rings. The maximum absolute atomic E-state index is 14.2. The zero-order chi connectivity index (χ0) is 12.3. The lowest BCUT2D eigenvalue weighted by atomic mass is 9.90. The Hall–Kier alpha value is -1.29. The van der Waals surface area contributed by atoms with Gasteiger partial charge in [-0.25, -0.2) is 4.39 Å². The lowest BCUT2D eigenvalue weighted by Gasteiger charge is -2.35. The third-order valence-electron chi connectivity index (χ3n) is 2.87. The number of alkyl halides is 1. The van der Waals surface area contributed by atoms with Crippen LogP contribution in [0.3, 0.4) is 0 Å². The first kappa shape index (κ1) is 12.2. The minimum absolute atomic E-state index is 0.368. The molecule has 1 aliphatic heterocycles. The van der Waals surface area contributed by atoms with Crippen molar-refractivity contribution in [3.05, 3.63) is 23.8 Å². The topological polar surface area (TPSA) is 30.5 Å². The molecule has 1 fully saturated rings. The molecule has 17 heavy (non-hydrogen) atoms. The highest BCUT2D eigenvalue weighted by atomic mass is 19.1. The van der Waals surface area contributed by atoms with Gasteiger partial charge in [-0.2, -0.15) is 0 Å². The van der Waals surface area contributed by atoms with Crippen LogP contribution < -0.4 is 14.8 Å². The highest BCUT2D eigenvalue weighted by Crippen LogP contribution is 2.36. The molecule has 94 valence electrons. The van der Waals surface area contributed by atoms with Crippen LogP contribution in [0.15, 0.2) is 18.2 Å². The third-order valence-corrected chi connectivity index (χ3v) is 2.87. The molecule has 1 saturated heterocycles. The van der Waals surface area contributed by atoms with Crippen molar-refractivity contribution in [3.8, 4) is 11.5 Å². The SMILES string of the molecule is CCOc1ccc(C2(F)CNC2)cc1OCC. The number of nitrogens with one attached hydrogen (secondary N) is 1. The average molecular weight is 239 g/mol. The van der Waals surface area contributed by atoms with E-state index in [1.54, 1.807) is 18.2 Å². The number of halogens is 1. The quantitative estimate of drug-likeness (QED) is 0.855. The van der Waals surface area contributed by atoms with Crippen LogP contribution in [-0.4, -0.2) is 26.3 Å². The van der Waals surface area contributed by atoms with Gasteiger partial charge in [-0.15, -0.1) is 0 Å². The average Bonchev–Trinajstić information content (AvgIpc) is 2.29. The zero-order valence-corrected chi connectivity index (χ0v) is 10.3. The minimum atomic E-state index is -1.25. The number of benzene rings is 1. The monoisotopic (exact) mass is 239 g/mol. The first-order valence-electron chi connectivity index (χ1n) is 5.99. The van der Waals surface area contributed by atoms with Gasteiger partial charge >= 0.3 is 0 Å². The van der Waals surface area contributed by atoms with Gasteiger partial charge < -0.3 is 14.8 Å². The van der Waals surface area contributed by atoms with Crippen molar-refractivity contribution in [1.82, 2.24) is 5.32 Å². The fourth-order valence-corrected chi connectivity index (χ4v) is 1.88. The van der Waals surface area contributed by atoms with Crippen molar-refractivity contribution in [3.63, 3.8) is 0 Å². The van der Waals surface area contributed by atoms with Crippen molar-refractivity contribution < 1.29 is 13.9 Å². The molecule has 3 nitrogen and oxygen atoms in total. The fourth-order valence-electron chi connectivity index (χ4n) is 1.88. The molecule has 0 unspecified atom stereocenters. The molecule has 0 spiro atoms. The van der Waals surface area contributed by atoms with Gasteiger partial charge in [0.15, 0.2) is 17.2 Å². The Bertz CT molecular complexity index is 391. The minimum Gasteiger partial charge on any atom is -0.490 e. The number of rotatable bonds is 5. The molecule has 0 aliphatic carbocycles. The van der Waals surface area contributed by atoms with E-state index >= 15 is 0 Å². The number of hydrogen-bond donors (Lipinski definition) is 1. The van der Waals surface area contributed by atoms with Crippen LogP contribution in [0, 0.1) is 0 Å². The van der Waals surface area contributed by atoms with Gasteiger partial charge in [-0.3, -0.25) is 0 Å². The van der Waals surface area contributed by atoms with Gasteiger partial charge in [-0.1, -0.05) is 6.07 Å². The van der Waals surface area contributed by atoms with E-state index in [0.717, 1.165) is 0 Å². The molecule has 1 aromatic carbocycles. The summed E-state index contributed by atoms with van der Waals surface area (Å²) in [6, 6.07) is 5.30. The van der Waals surface area contributed by atoms with Crippen LogP contribution in [0.2, 0.25) is 0 Å². The zero-order valence-electron chi connectivity index (χ0n) is 10.3. The summed E-state index contributed by atoms with van der Waals surface area (Å²) in [7, 11) is 0. The van der Waals surface area contributed by atoms with Crippen molar-refractivity contribution in [2.75, 3.05) is 26.3 Å². The van der Waals surface area contributed by atoms with Crippen molar-refractivity contribution >= 4 is 0 Å². The van der Waals surface area contributed by atoms with E-state index < -0.39 is 5.67 Å². The molecular formula is C13H18FNO2. The summed E-state index contributed by atoms with van der Waals surface area (Å²) >= 11 is 0. The molecule has 0 bridgehead atoms. The van der Waals surface area contributed by atoms with E-state index in [1.807, 2.05) is 13.8 Å². The first-order valence-corrected chi connectivity index (χ1v) is 5.99. The van der Waals surface area contributed by atoms with Gasteiger partial charge in [0.1, 0.15) is 0 Å². The highest BCUT2D eigenvalue weighted by molar-refractivity contribution is 5.45. The summed E-state index contributed by atoms with van der Waals surface area (Å²) in [5.41, 5.74) is -0.598. The van der Waals surface area contributed by atoms with E-state index in [-0.39, 0.29) is 0 Å². The fraction of sp³-hybridized carbons (Fsp3) is 0.538. The number of hydrogen-bond acceptors (Lipinski definition) is 3. The third kappa shape index (κ3) is 2.36. The summed E-state index contributed by atoms with van der Waals surface area (Å²) in [4.78, 5) is 0. The Kier molecular flexibility index (Phi) is 3.52. The van der Waals surface area contributed by atoms with Crippen molar-refractivity contribution in [1.29, 1.82) is 0 Å². The summed E-state index contributed by atoms with van der Waals surface area (Å²) in [5, 5.41) is 2.94. The molecule has 1 aliphatic rings. The second-order valence-corrected chi connectivity index (χ2v) is 4.10. The summed E-state index contributed by atoms with van der Waals surface area (Å²) < 4.78 is 25.1. The van der Waals surface area contributed by atoms with Crippen LogP contribution in [0.25, 0.3) is 0 Å². The van der Waals surface area contributed by atoms with Gasteiger partial charge in [0.2, 0.25) is 0 Å². The lowest BCUT2D eigenvalue weighted by Crippen LogP contribution is -2.53. The predicted octanol–water partition coefficient (Wildman–Crippen LogP) is 2.25. The highest BCUT2D eigenvalue weighted by Gasteiger charge is 2.39. The smallest absolute Gasteiger partial charge is 0.161 e. The first-order chi connectivity index (χ1) is 8.19. The second-order valence-electron chi connectivity index (χ2n) is 4.10. The Balaban J connectivity index is 2.27. The Morgan fingerprint density at radius 1 is 1.18 bits per heavy atom. The summed E-state index contributed by atoms with van der Waals surface area (Å²) in [6.07, 6.45) is 0. The normalized spacial score (nSPS) is 17.4. The van der Waals surface area contributed by atoms with Crippen LogP contribution in [-0.2, 0) is 5.67 Å². The van der Waals surface area contributed by atoms with Gasteiger partial charge in [0.25, 0.3) is 0 Å². The number of ether oxygens (including phenoxy) is 2. The van der Waals surface area contributed by atoms with Gasteiger partial charge in [-0.05, 0) is 31.5 Å². The molecule has 1 heterocycles. The maximum atomic E-state index is 14.2. The molecule has 0 saturated carbocycles. The molecule has 0 radical (unpaired) electrons. The molecule has 1 N–H and O–H groups in total. The Morgan fingerprint density at radius 3 is 2.35 bits per heavy atom. The van der Waals surface area contributed by atoms with E-state index in [2.05, 4.69) is 5.32 Å². The predicted molar refractivity (Wildman–Crippen MR) is 64.4 cm³/mol. The van der Waals surface area contributed by atoms with Crippen LogP contribution in [0.1, 0.15) is 19.4 Å². The van der Waals surface area contributed by atoms with E-state index in [0.29, 0.717) is 43.4 Å². The van der Waals surface area contributed by atoms with Crippen LogP contribution in [0.4, 0.5) is 4.39 Å². The van der Waals surface area contributed by atoms with Crippen molar-refractivity contribution in [2.24, 2.45) is 0 Å².